The van der Waals surface area contributed by atoms with Crippen molar-refractivity contribution in [3.05, 3.63) is 35.4 Å². The molecular weight excluding hydrogens is 684 g/mol. The van der Waals surface area contributed by atoms with Crippen molar-refractivity contribution in [1.82, 2.24) is 0 Å². The smallest absolute Gasteiger partial charge is 0.186 e. The van der Waals surface area contributed by atoms with E-state index in [4.69, 9.17) is 28.4 Å². The van der Waals surface area contributed by atoms with E-state index in [-0.39, 0.29) is 34.9 Å². The van der Waals surface area contributed by atoms with Crippen LogP contribution in [0.15, 0.2) is 29.8 Å². The van der Waals surface area contributed by atoms with Gasteiger partial charge in [-0.1, -0.05) is 25.5 Å². The zero-order valence-electron chi connectivity index (χ0n) is 32.2. The fourth-order valence-corrected chi connectivity index (χ4v) is 11.9. The fraction of sp³-hybridized carbons (Fsp3) is 0.805. The Labute approximate surface area is 313 Å². The maximum absolute atomic E-state index is 10.9. The maximum Gasteiger partial charge on any atom is 0.186 e. The van der Waals surface area contributed by atoms with E-state index in [0.717, 1.165) is 62.0 Å². The van der Waals surface area contributed by atoms with Gasteiger partial charge in [0.15, 0.2) is 12.6 Å². The van der Waals surface area contributed by atoms with Crippen LogP contribution < -0.4 is 9.47 Å². The Morgan fingerprint density at radius 3 is 2.11 bits per heavy atom. The summed E-state index contributed by atoms with van der Waals surface area (Å²) in [5.74, 6) is 2.90. The molecule has 7 rings (SSSR count). The number of aliphatic hydroxyl groups excluding tert-OH is 6. The van der Waals surface area contributed by atoms with Gasteiger partial charge in [0.25, 0.3) is 0 Å². The molecule has 19 atom stereocenters. The van der Waals surface area contributed by atoms with E-state index in [2.05, 4.69) is 32.9 Å². The first-order valence-electron chi connectivity index (χ1n) is 19.7. The molecule has 1 aromatic carbocycles. The van der Waals surface area contributed by atoms with E-state index in [9.17, 15) is 30.6 Å². The Balaban J connectivity index is 1.16. The number of hydrogen-bond donors (Lipinski definition) is 6. The number of rotatable bonds is 8. The predicted molar refractivity (Wildman–Crippen MR) is 193 cm³/mol. The fourth-order valence-electron chi connectivity index (χ4n) is 11.9. The van der Waals surface area contributed by atoms with Gasteiger partial charge in [0.2, 0.25) is 0 Å². The highest BCUT2D eigenvalue weighted by atomic mass is 16.7. The van der Waals surface area contributed by atoms with Crippen LogP contribution in [0.3, 0.4) is 0 Å². The molecule has 0 amide bonds. The van der Waals surface area contributed by atoms with Crippen molar-refractivity contribution in [3.8, 4) is 11.5 Å². The molecule has 2 saturated heterocycles. The first-order chi connectivity index (χ1) is 25.1. The second kappa shape index (κ2) is 14.9. The molecular formula is C41H62O12. The van der Waals surface area contributed by atoms with Gasteiger partial charge < -0.3 is 59.1 Å². The van der Waals surface area contributed by atoms with E-state index in [1.54, 1.807) is 28.1 Å². The van der Waals surface area contributed by atoms with E-state index in [1.807, 2.05) is 12.1 Å². The molecule has 0 radical (unpaired) electrons. The minimum atomic E-state index is -1.39. The molecule has 53 heavy (non-hydrogen) atoms. The summed E-state index contributed by atoms with van der Waals surface area (Å²) in [5, 5.41) is 63.1. The van der Waals surface area contributed by atoms with Crippen LogP contribution in [0.4, 0.5) is 0 Å². The van der Waals surface area contributed by atoms with E-state index in [1.165, 1.54) is 5.57 Å². The summed E-state index contributed by atoms with van der Waals surface area (Å²) in [5.41, 5.74) is 2.34. The Kier molecular flexibility index (Phi) is 11.1. The van der Waals surface area contributed by atoms with Crippen molar-refractivity contribution in [3.63, 3.8) is 0 Å². The lowest BCUT2D eigenvalue weighted by molar-refractivity contribution is -0.309. The Morgan fingerprint density at radius 1 is 0.792 bits per heavy atom. The molecule has 12 heteroatoms. The molecule has 298 valence electrons. The molecule has 2 heterocycles. The summed E-state index contributed by atoms with van der Waals surface area (Å²) in [4.78, 5) is 0. The standard InChI is InChI=1S/C41H62O12/c1-19(50-38-36(46)34(44)32(42)20(2)51-38)31-27(26-17-23(48-6)9-11-30(26)49-7)18-29-25-10-8-22-16-24(53-39-37(47)35(45)33(43)21(3)52-39)12-14-40(22,4)28(25)13-15-41(29,31)5/h8-9,11,17,19-21,24-25,27-29,31-39,42-47H,10,12-16,18H2,1-7H3/t19?,20-,21-,24?,25?,27+,28?,29?,31?,32+,33+,34+,35+,36-,37-,38?,39?,40?,41?/m0/s1. The molecule has 12 nitrogen and oxygen atoms in total. The molecule has 1 aromatic rings. The summed E-state index contributed by atoms with van der Waals surface area (Å²) in [6.07, 6.45) is -2.87. The van der Waals surface area contributed by atoms with Crippen molar-refractivity contribution in [1.29, 1.82) is 0 Å². The van der Waals surface area contributed by atoms with Crippen molar-refractivity contribution >= 4 is 0 Å². The van der Waals surface area contributed by atoms with Gasteiger partial charge in [0.1, 0.15) is 48.1 Å². The van der Waals surface area contributed by atoms with Gasteiger partial charge >= 0.3 is 0 Å². The number of aliphatic hydroxyl groups is 6. The van der Waals surface area contributed by atoms with Crippen LogP contribution in [0, 0.1) is 34.5 Å². The van der Waals surface area contributed by atoms with Crippen LogP contribution in [0.2, 0.25) is 0 Å². The highest BCUT2D eigenvalue weighted by Gasteiger charge is 2.63. The van der Waals surface area contributed by atoms with Crippen LogP contribution in [-0.2, 0) is 18.9 Å². The molecule has 3 saturated carbocycles. The number of fused-ring (bicyclic) bond motifs is 5. The van der Waals surface area contributed by atoms with Crippen molar-refractivity contribution in [2.75, 3.05) is 14.2 Å². The Hall–Kier alpha value is -1.84. The lowest BCUT2D eigenvalue weighted by Crippen LogP contribution is -2.58. The minimum absolute atomic E-state index is 0.00431. The van der Waals surface area contributed by atoms with Gasteiger partial charge in [0, 0.05) is 5.56 Å². The van der Waals surface area contributed by atoms with Gasteiger partial charge in [-0.2, -0.15) is 0 Å². The summed E-state index contributed by atoms with van der Waals surface area (Å²) < 4.78 is 36.3. The topological polar surface area (TPSA) is 177 Å². The van der Waals surface area contributed by atoms with E-state index >= 15 is 0 Å². The Bertz CT molecular complexity index is 1490. The highest BCUT2D eigenvalue weighted by molar-refractivity contribution is 5.44. The summed E-state index contributed by atoms with van der Waals surface area (Å²) in [6.45, 7) is 10.2. The van der Waals surface area contributed by atoms with E-state index < -0.39 is 61.4 Å². The van der Waals surface area contributed by atoms with Gasteiger partial charge in [0.05, 0.1) is 38.6 Å². The normalized spacial score (nSPS) is 48.9. The van der Waals surface area contributed by atoms with Gasteiger partial charge in [-0.05, 0) is 124 Å². The molecule has 6 N–H and O–H groups in total. The lowest BCUT2D eigenvalue weighted by atomic mass is 9.47. The maximum atomic E-state index is 10.9. The number of methoxy groups -OCH3 is 2. The molecule has 2 aliphatic heterocycles. The van der Waals surface area contributed by atoms with Crippen LogP contribution in [0.5, 0.6) is 11.5 Å². The third-order valence-corrected chi connectivity index (χ3v) is 14.8. The average Bonchev–Trinajstić information content (AvgIpc) is 3.47. The SMILES string of the molecule is COc1ccc(OC)c([C@H]2CC3C4CC=C5CC(OC6O[C@@H](C)[C@@H](O)[C@@H](O)[C@@H]6O)CCC5(C)C4CCC3(C)C2C(C)OC2O[C@@H](C)[C@@H](O)[C@@H](O)[C@@H]2O)c1. The summed E-state index contributed by atoms with van der Waals surface area (Å²) >= 11 is 0. The average molecular weight is 747 g/mol. The molecule has 5 fully saturated rings. The van der Waals surface area contributed by atoms with Crippen molar-refractivity contribution in [2.45, 2.75) is 159 Å². The quantitative estimate of drug-likeness (QED) is 0.214. The van der Waals surface area contributed by atoms with E-state index in [0.29, 0.717) is 17.8 Å². The number of benzene rings is 1. The van der Waals surface area contributed by atoms with Gasteiger partial charge in [-0.25, -0.2) is 0 Å². The van der Waals surface area contributed by atoms with Crippen molar-refractivity contribution in [2.24, 2.45) is 34.5 Å². The van der Waals surface area contributed by atoms with Gasteiger partial charge in [-0.3, -0.25) is 0 Å². The monoisotopic (exact) mass is 746 g/mol. The number of ether oxygens (including phenoxy) is 6. The summed E-state index contributed by atoms with van der Waals surface area (Å²) in [6, 6.07) is 5.97. The van der Waals surface area contributed by atoms with Crippen LogP contribution in [0.25, 0.3) is 0 Å². The van der Waals surface area contributed by atoms with Crippen LogP contribution in [-0.4, -0.2) is 118 Å². The minimum Gasteiger partial charge on any atom is -0.497 e. The first-order valence-corrected chi connectivity index (χ1v) is 19.7. The second-order valence-corrected chi connectivity index (χ2v) is 17.5. The number of allylic oxidation sites excluding steroid dienone is 1. The molecule has 0 aromatic heterocycles. The first kappa shape index (κ1) is 39.4. The zero-order valence-corrected chi connectivity index (χ0v) is 32.2. The largest absolute Gasteiger partial charge is 0.497 e. The molecule has 6 aliphatic rings. The Morgan fingerprint density at radius 2 is 1.45 bits per heavy atom. The van der Waals surface area contributed by atoms with Crippen LogP contribution in [0.1, 0.15) is 91.0 Å². The molecule has 0 bridgehead atoms. The van der Waals surface area contributed by atoms with Gasteiger partial charge in [-0.15, -0.1) is 0 Å². The highest BCUT2D eigenvalue weighted by Crippen LogP contribution is 2.70. The molecule has 10 unspecified atom stereocenters. The molecule has 0 spiro atoms. The molecule has 4 aliphatic carbocycles. The second-order valence-electron chi connectivity index (χ2n) is 17.5. The number of hydrogen-bond acceptors (Lipinski definition) is 12. The summed E-state index contributed by atoms with van der Waals surface area (Å²) in [7, 11) is 3.37. The third-order valence-electron chi connectivity index (χ3n) is 14.8. The predicted octanol–water partition coefficient (Wildman–Crippen LogP) is 3.42. The lowest BCUT2D eigenvalue weighted by Gasteiger charge is -2.58. The van der Waals surface area contributed by atoms with Crippen LogP contribution >= 0.6 is 0 Å². The zero-order chi connectivity index (χ0) is 38.1. The van der Waals surface area contributed by atoms with Crippen molar-refractivity contribution < 1.29 is 59.1 Å². The third kappa shape index (κ3) is 6.66.